The molecule has 0 spiro atoms. The van der Waals surface area contributed by atoms with Gasteiger partial charge in [-0.25, -0.2) is 8.42 Å². The van der Waals surface area contributed by atoms with E-state index >= 15 is 0 Å². The highest BCUT2D eigenvalue weighted by Crippen LogP contribution is 2.39. The maximum atomic E-state index is 12.4. The van der Waals surface area contributed by atoms with E-state index in [1.165, 1.54) is 12.3 Å². The number of aryl methyl sites for hydroxylation is 1. The number of benzene rings is 1. The van der Waals surface area contributed by atoms with Gasteiger partial charge in [0.25, 0.3) is 5.91 Å². The minimum Gasteiger partial charge on any atom is -0.370 e. The van der Waals surface area contributed by atoms with Crippen LogP contribution >= 0.6 is 0 Å². The van der Waals surface area contributed by atoms with Crippen LogP contribution in [0.2, 0.25) is 0 Å². The Morgan fingerprint density at radius 2 is 1.81 bits per heavy atom. The van der Waals surface area contributed by atoms with E-state index < -0.39 is 15.7 Å². The summed E-state index contributed by atoms with van der Waals surface area (Å²) in [6.07, 6.45) is 6.80. The van der Waals surface area contributed by atoms with Gasteiger partial charge in [0.1, 0.15) is 0 Å². The van der Waals surface area contributed by atoms with E-state index in [0.717, 1.165) is 43.2 Å². The lowest BCUT2D eigenvalue weighted by molar-refractivity contribution is 0.100. The highest BCUT2D eigenvalue weighted by Gasteiger charge is 2.27. The van der Waals surface area contributed by atoms with Gasteiger partial charge >= 0.3 is 0 Å². The summed E-state index contributed by atoms with van der Waals surface area (Å²) < 4.78 is 24.9. The molecule has 1 aromatic rings. The van der Waals surface area contributed by atoms with Crippen molar-refractivity contribution in [3.8, 4) is 0 Å². The van der Waals surface area contributed by atoms with Gasteiger partial charge < -0.3 is 11.5 Å². The highest BCUT2D eigenvalue weighted by molar-refractivity contribution is 7.90. The van der Waals surface area contributed by atoms with Gasteiger partial charge in [0, 0.05) is 11.8 Å². The van der Waals surface area contributed by atoms with Gasteiger partial charge in [0.15, 0.2) is 15.8 Å². The monoisotopic (exact) mass is 379 g/mol. The number of sulfone groups is 1. The van der Waals surface area contributed by atoms with E-state index in [-0.39, 0.29) is 22.3 Å². The second-order valence-corrected chi connectivity index (χ2v) is 9.35. The molecule has 144 valence electrons. The fourth-order valence-corrected chi connectivity index (χ4v) is 4.69. The molecule has 0 heterocycles. The summed E-state index contributed by atoms with van der Waals surface area (Å²) in [5.41, 5.74) is 12.6. The van der Waals surface area contributed by atoms with Gasteiger partial charge in [-0.1, -0.05) is 39.2 Å². The fourth-order valence-electron chi connectivity index (χ4n) is 3.71. The molecule has 26 heavy (non-hydrogen) atoms. The van der Waals surface area contributed by atoms with E-state index in [2.05, 4.69) is 11.9 Å². The number of aliphatic imine (C=N–C) groups is 1. The van der Waals surface area contributed by atoms with E-state index in [1.54, 1.807) is 0 Å². The zero-order valence-electron chi connectivity index (χ0n) is 15.8. The smallest absolute Gasteiger partial charge is 0.280 e. The lowest BCUT2D eigenvalue weighted by Gasteiger charge is -2.28. The molecule has 1 aromatic carbocycles. The second kappa shape index (κ2) is 8.20. The number of nitrogens with zero attached hydrogens (tertiary/aromatic N) is 1. The molecular weight excluding hydrogens is 350 g/mol. The maximum Gasteiger partial charge on any atom is 0.280 e. The lowest BCUT2D eigenvalue weighted by atomic mass is 9.78. The highest BCUT2D eigenvalue weighted by atomic mass is 32.2. The number of nitrogens with two attached hydrogens (primary N) is 2. The summed E-state index contributed by atoms with van der Waals surface area (Å²) in [5, 5.41) is 0. The third kappa shape index (κ3) is 4.84. The van der Waals surface area contributed by atoms with Gasteiger partial charge in [-0.3, -0.25) is 4.79 Å². The van der Waals surface area contributed by atoms with Crippen LogP contribution in [0.3, 0.4) is 0 Å². The van der Waals surface area contributed by atoms with Crippen LogP contribution in [0.25, 0.3) is 0 Å². The minimum absolute atomic E-state index is 0.207. The zero-order valence-corrected chi connectivity index (χ0v) is 16.6. The van der Waals surface area contributed by atoms with Gasteiger partial charge in [0.05, 0.1) is 4.90 Å². The van der Waals surface area contributed by atoms with Crippen molar-refractivity contribution in [2.24, 2.45) is 22.4 Å². The van der Waals surface area contributed by atoms with Crippen LogP contribution in [-0.2, 0) is 16.3 Å². The summed E-state index contributed by atoms with van der Waals surface area (Å²) >= 11 is 0. The Kier molecular flexibility index (Phi) is 6.44. The second-order valence-electron chi connectivity index (χ2n) is 7.37. The van der Waals surface area contributed by atoms with E-state index in [1.807, 2.05) is 13.0 Å². The van der Waals surface area contributed by atoms with Crippen molar-refractivity contribution >= 4 is 21.7 Å². The van der Waals surface area contributed by atoms with Gasteiger partial charge in [-0.05, 0) is 48.3 Å². The van der Waals surface area contributed by atoms with Crippen LogP contribution in [0.15, 0.2) is 22.0 Å². The topological polar surface area (TPSA) is 116 Å². The molecule has 1 saturated carbocycles. The molecule has 0 bridgehead atoms. The Morgan fingerprint density at radius 3 is 2.31 bits per heavy atom. The van der Waals surface area contributed by atoms with E-state index in [4.69, 9.17) is 11.5 Å². The summed E-state index contributed by atoms with van der Waals surface area (Å²) in [6, 6.07) is 3.37. The molecule has 1 aliphatic carbocycles. The van der Waals surface area contributed by atoms with Crippen molar-refractivity contribution in [3.63, 3.8) is 0 Å². The van der Waals surface area contributed by atoms with Crippen LogP contribution in [0.1, 0.15) is 73.4 Å². The molecule has 1 fully saturated rings. The Labute approximate surface area is 156 Å². The predicted molar refractivity (Wildman–Crippen MR) is 104 cm³/mol. The third-order valence-corrected chi connectivity index (χ3v) is 6.22. The van der Waals surface area contributed by atoms with Crippen molar-refractivity contribution in [1.29, 1.82) is 0 Å². The predicted octanol–water partition coefficient (Wildman–Crippen LogP) is 2.75. The summed E-state index contributed by atoms with van der Waals surface area (Å²) in [4.78, 5) is 16.3. The molecule has 4 N–H and O–H groups in total. The zero-order chi connectivity index (χ0) is 19.5. The van der Waals surface area contributed by atoms with Gasteiger partial charge in [0.2, 0.25) is 0 Å². The minimum atomic E-state index is -3.48. The number of carbonyl (C=O) groups is 1. The first-order chi connectivity index (χ1) is 12.1. The standard InChI is InChI=1S/C19H29N3O3S/c1-4-5-14-10-15(13-8-6-12(2)7-9-13)17(26(3,24)25)11-16(14)18(23)22-19(20)21/h10-13H,4-9H2,1-3H3,(H4,20,21,22,23). The summed E-state index contributed by atoms with van der Waals surface area (Å²) in [5.74, 6) is -0.0459. The van der Waals surface area contributed by atoms with E-state index in [0.29, 0.717) is 12.3 Å². The lowest BCUT2D eigenvalue weighted by Crippen LogP contribution is -2.24. The van der Waals surface area contributed by atoms with Crippen LogP contribution in [-0.4, -0.2) is 26.5 Å². The first-order valence-electron chi connectivity index (χ1n) is 9.14. The van der Waals surface area contributed by atoms with Crippen LogP contribution in [0, 0.1) is 5.92 Å². The molecule has 1 aliphatic rings. The molecular formula is C19H29N3O3S. The van der Waals surface area contributed by atoms with Crippen molar-refractivity contribution in [1.82, 2.24) is 0 Å². The van der Waals surface area contributed by atoms with Crippen LogP contribution < -0.4 is 11.5 Å². The third-order valence-electron chi connectivity index (χ3n) is 5.07. The number of guanidine groups is 1. The average Bonchev–Trinajstić information content (AvgIpc) is 2.53. The molecule has 2 rings (SSSR count). The molecule has 0 unspecified atom stereocenters. The molecule has 6 nitrogen and oxygen atoms in total. The number of hydrogen-bond acceptors (Lipinski definition) is 3. The first-order valence-corrected chi connectivity index (χ1v) is 11.0. The van der Waals surface area contributed by atoms with Crippen molar-refractivity contribution in [3.05, 3.63) is 28.8 Å². The Morgan fingerprint density at radius 1 is 1.19 bits per heavy atom. The number of hydrogen-bond donors (Lipinski definition) is 2. The normalized spacial score (nSPS) is 20.6. The van der Waals surface area contributed by atoms with Gasteiger partial charge in [-0.2, -0.15) is 4.99 Å². The Hall–Kier alpha value is -1.89. The molecule has 0 aliphatic heterocycles. The van der Waals surface area contributed by atoms with Crippen LogP contribution in [0.4, 0.5) is 0 Å². The quantitative estimate of drug-likeness (QED) is 0.603. The number of carbonyl (C=O) groups excluding carboxylic acids is 1. The average molecular weight is 380 g/mol. The number of rotatable bonds is 5. The molecule has 0 saturated heterocycles. The summed E-state index contributed by atoms with van der Waals surface area (Å²) in [7, 11) is -3.48. The maximum absolute atomic E-state index is 12.4. The SMILES string of the molecule is CCCc1cc(C2CCC(C)CC2)c(S(C)(=O)=O)cc1C(=O)N=C(N)N. The molecule has 0 aromatic heterocycles. The Balaban J connectivity index is 2.62. The molecule has 0 atom stereocenters. The van der Waals surface area contributed by atoms with Crippen molar-refractivity contribution < 1.29 is 13.2 Å². The first kappa shape index (κ1) is 20.4. The molecule has 0 radical (unpaired) electrons. The Bertz CT molecular complexity index is 804. The largest absolute Gasteiger partial charge is 0.370 e. The van der Waals surface area contributed by atoms with Gasteiger partial charge in [-0.15, -0.1) is 0 Å². The molecule has 7 heteroatoms. The van der Waals surface area contributed by atoms with Crippen LogP contribution in [0.5, 0.6) is 0 Å². The van der Waals surface area contributed by atoms with Crippen molar-refractivity contribution in [2.45, 2.75) is 63.2 Å². The fraction of sp³-hybridized carbons (Fsp3) is 0.579. The van der Waals surface area contributed by atoms with Crippen molar-refractivity contribution in [2.75, 3.05) is 6.26 Å². The number of amides is 1. The summed E-state index contributed by atoms with van der Waals surface area (Å²) in [6.45, 7) is 4.24. The van der Waals surface area contributed by atoms with E-state index in [9.17, 15) is 13.2 Å². The molecule has 1 amide bonds.